The summed E-state index contributed by atoms with van der Waals surface area (Å²) in [7, 11) is -3.13. The predicted octanol–water partition coefficient (Wildman–Crippen LogP) is 3.08. The van der Waals surface area contributed by atoms with Crippen molar-refractivity contribution >= 4 is 37.9 Å². The molecule has 168 valence electrons. The van der Waals surface area contributed by atoms with Gasteiger partial charge in [-0.3, -0.25) is 9.59 Å². The molecule has 1 unspecified atom stereocenters. The molecule has 0 radical (unpaired) electrons. The molecule has 7 nitrogen and oxygen atoms in total. The number of rotatable bonds is 5. The summed E-state index contributed by atoms with van der Waals surface area (Å²) in [5.41, 5.74) is 0.374. The van der Waals surface area contributed by atoms with E-state index in [1.54, 1.807) is 11.0 Å². The fraction of sp³-hybridized carbons (Fsp3) is 0.435. The maximum Gasteiger partial charge on any atom is 0.275 e. The molecule has 1 amide bonds. The van der Waals surface area contributed by atoms with E-state index < -0.39 is 9.84 Å². The van der Waals surface area contributed by atoms with Gasteiger partial charge in [-0.05, 0) is 36.8 Å². The summed E-state index contributed by atoms with van der Waals surface area (Å²) in [6, 6.07) is 10.9. The number of hydrogen-bond donors (Lipinski definition) is 0. The molecule has 1 saturated carbocycles. The quantitative estimate of drug-likeness (QED) is 0.571. The second kappa shape index (κ2) is 8.44. The molecule has 0 bridgehead atoms. The van der Waals surface area contributed by atoms with Crippen molar-refractivity contribution in [2.45, 2.75) is 50.7 Å². The Morgan fingerprint density at radius 3 is 2.47 bits per heavy atom. The van der Waals surface area contributed by atoms with Gasteiger partial charge in [0.25, 0.3) is 5.56 Å². The number of hydrogen-bond acceptors (Lipinski definition) is 6. The van der Waals surface area contributed by atoms with E-state index in [-0.39, 0.29) is 41.6 Å². The number of amides is 1. The fourth-order valence-corrected chi connectivity index (χ4v) is 7.46. The smallest absolute Gasteiger partial charge is 0.275 e. The van der Waals surface area contributed by atoms with E-state index >= 15 is 0 Å². The summed E-state index contributed by atoms with van der Waals surface area (Å²) in [4.78, 5) is 29.4. The van der Waals surface area contributed by atoms with Gasteiger partial charge in [-0.1, -0.05) is 37.1 Å². The van der Waals surface area contributed by atoms with Crippen LogP contribution in [-0.4, -0.2) is 52.6 Å². The third kappa shape index (κ3) is 3.99. The van der Waals surface area contributed by atoms with E-state index in [0.717, 1.165) is 35.9 Å². The van der Waals surface area contributed by atoms with E-state index in [4.69, 9.17) is 0 Å². The summed E-state index contributed by atoms with van der Waals surface area (Å²) in [6.07, 6.45) is 4.28. The number of carbonyl (C=O) groups excluding carboxylic acids is 1. The molecule has 0 N–H and O–H groups in total. The summed E-state index contributed by atoms with van der Waals surface area (Å²) >= 11 is 1.53. The zero-order valence-corrected chi connectivity index (χ0v) is 19.3. The van der Waals surface area contributed by atoms with Gasteiger partial charge in [-0.25, -0.2) is 13.1 Å². The van der Waals surface area contributed by atoms with Gasteiger partial charge in [0.15, 0.2) is 9.84 Å². The number of carbonyl (C=O) groups is 1. The Morgan fingerprint density at radius 1 is 1.06 bits per heavy atom. The van der Waals surface area contributed by atoms with Crippen LogP contribution < -0.4 is 5.56 Å². The van der Waals surface area contributed by atoms with Gasteiger partial charge in [0, 0.05) is 17.5 Å². The van der Waals surface area contributed by atoms with Crippen LogP contribution in [0.25, 0.3) is 21.3 Å². The maximum absolute atomic E-state index is 13.5. The Hall–Kier alpha value is -2.52. The zero-order valence-electron chi connectivity index (χ0n) is 17.6. The third-order valence-corrected chi connectivity index (χ3v) is 9.14. The topological polar surface area (TPSA) is 89.3 Å². The number of benzene rings is 1. The van der Waals surface area contributed by atoms with Crippen molar-refractivity contribution in [3.8, 4) is 10.6 Å². The Bertz CT molecular complexity index is 1310. The summed E-state index contributed by atoms with van der Waals surface area (Å²) < 4.78 is 25.5. The lowest BCUT2D eigenvalue weighted by Gasteiger charge is -2.34. The van der Waals surface area contributed by atoms with Crippen LogP contribution in [0, 0.1) is 0 Å². The molecule has 9 heteroatoms. The molecule has 1 saturated heterocycles. The average molecular weight is 472 g/mol. The minimum atomic E-state index is -3.13. The van der Waals surface area contributed by atoms with Crippen molar-refractivity contribution in [3.63, 3.8) is 0 Å². The van der Waals surface area contributed by atoms with Gasteiger partial charge in [0.1, 0.15) is 12.2 Å². The second-order valence-electron chi connectivity index (χ2n) is 8.63. The van der Waals surface area contributed by atoms with Crippen LogP contribution >= 0.6 is 11.3 Å². The number of sulfone groups is 1. The van der Waals surface area contributed by atoms with E-state index in [9.17, 15) is 18.0 Å². The molecule has 3 heterocycles. The first kappa shape index (κ1) is 21.3. The summed E-state index contributed by atoms with van der Waals surface area (Å²) in [5.74, 6) is -0.0957. The normalized spacial score (nSPS) is 20.7. The summed E-state index contributed by atoms with van der Waals surface area (Å²) in [6.45, 7) is -0.185. The van der Waals surface area contributed by atoms with Gasteiger partial charge in [-0.15, -0.1) is 11.3 Å². The number of fused-ring (bicyclic) bond motifs is 1. The molecule has 0 spiro atoms. The van der Waals surface area contributed by atoms with Gasteiger partial charge in [0.2, 0.25) is 5.91 Å². The molecule has 2 aromatic heterocycles. The molecule has 1 aliphatic carbocycles. The van der Waals surface area contributed by atoms with Crippen molar-refractivity contribution in [2.75, 3.05) is 11.5 Å². The highest BCUT2D eigenvalue weighted by Crippen LogP contribution is 2.30. The molecule has 5 rings (SSSR count). The van der Waals surface area contributed by atoms with Gasteiger partial charge < -0.3 is 4.90 Å². The zero-order chi connectivity index (χ0) is 22.3. The van der Waals surface area contributed by atoms with Crippen LogP contribution in [0.3, 0.4) is 0 Å². The van der Waals surface area contributed by atoms with E-state index in [2.05, 4.69) is 5.10 Å². The first-order chi connectivity index (χ1) is 15.4. The van der Waals surface area contributed by atoms with Crippen molar-refractivity contribution in [1.29, 1.82) is 0 Å². The van der Waals surface area contributed by atoms with Gasteiger partial charge in [-0.2, -0.15) is 5.10 Å². The first-order valence-electron chi connectivity index (χ1n) is 11.0. The molecular weight excluding hydrogens is 446 g/mol. The van der Waals surface area contributed by atoms with Crippen LogP contribution in [0.4, 0.5) is 0 Å². The Kier molecular flexibility index (Phi) is 5.63. The second-order valence-corrected chi connectivity index (χ2v) is 11.8. The largest absolute Gasteiger partial charge is 0.334 e. The fourth-order valence-electron chi connectivity index (χ4n) is 5.03. The van der Waals surface area contributed by atoms with Gasteiger partial charge >= 0.3 is 0 Å². The Labute approximate surface area is 190 Å². The minimum absolute atomic E-state index is 0.00966. The first-order valence-corrected chi connectivity index (χ1v) is 13.7. The van der Waals surface area contributed by atoms with Gasteiger partial charge in [0.05, 0.1) is 21.8 Å². The highest BCUT2D eigenvalue weighted by Gasteiger charge is 2.39. The molecule has 2 fully saturated rings. The lowest BCUT2D eigenvalue weighted by molar-refractivity contribution is -0.136. The highest BCUT2D eigenvalue weighted by atomic mass is 32.2. The molecule has 2 aliphatic rings. The molecule has 3 aromatic rings. The van der Waals surface area contributed by atoms with E-state index in [1.807, 2.05) is 35.7 Å². The molecule has 32 heavy (non-hydrogen) atoms. The van der Waals surface area contributed by atoms with Crippen molar-refractivity contribution in [1.82, 2.24) is 14.7 Å². The molecular formula is C23H25N3O4S2. The Morgan fingerprint density at radius 2 is 1.81 bits per heavy atom. The standard InChI is InChI=1S/C23H25N3O4S2/c27-21(26(16-6-1-2-7-16)17-11-13-32(29,30)15-17)14-25-23(28)19-9-4-3-8-18(19)22(24-25)20-10-5-12-31-20/h3-5,8-10,12,16-17H,1-2,6-7,11,13-15H2. The van der Waals surface area contributed by atoms with E-state index in [0.29, 0.717) is 17.5 Å². The van der Waals surface area contributed by atoms with Crippen LogP contribution in [0.1, 0.15) is 32.1 Å². The highest BCUT2D eigenvalue weighted by molar-refractivity contribution is 7.91. The van der Waals surface area contributed by atoms with E-state index in [1.165, 1.54) is 16.0 Å². The maximum atomic E-state index is 13.5. The Balaban J connectivity index is 1.53. The minimum Gasteiger partial charge on any atom is -0.334 e. The lowest BCUT2D eigenvalue weighted by atomic mass is 10.1. The average Bonchev–Trinajstić information content (AvgIpc) is 3.53. The van der Waals surface area contributed by atoms with Crippen molar-refractivity contribution < 1.29 is 13.2 Å². The number of aromatic nitrogens is 2. The molecule has 1 aliphatic heterocycles. The van der Waals surface area contributed by atoms with Crippen LogP contribution in [0.2, 0.25) is 0 Å². The lowest BCUT2D eigenvalue weighted by Crippen LogP contribution is -2.49. The van der Waals surface area contributed by atoms with Crippen LogP contribution in [0.5, 0.6) is 0 Å². The number of nitrogens with zero attached hydrogens (tertiary/aromatic N) is 3. The van der Waals surface area contributed by atoms with Crippen LogP contribution in [0.15, 0.2) is 46.6 Å². The van der Waals surface area contributed by atoms with Crippen molar-refractivity contribution in [3.05, 3.63) is 52.1 Å². The monoisotopic (exact) mass is 471 g/mol. The molecule has 1 atom stereocenters. The predicted molar refractivity (Wildman–Crippen MR) is 125 cm³/mol. The van der Waals surface area contributed by atoms with Crippen molar-refractivity contribution in [2.24, 2.45) is 0 Å². The number of thiophene rings is 1. The third-order valence-electron chi connectivity index (χ3n) is 6.52. The SMILES string of the molecule is O=C(Cn1nc(-c2cccs2)c2ccccc2c1=O)N(C1CCCC1)C1CCS(=O)(=O)C1. The summed E-state index contributed by atoms with van der Waals surface area (Å²) in [5, 5.41) is 7.83. The molecule has 1 aromatic carbocycles. The van der Waals surface area contributed by atoms with Crippen LogP contribution in [-0.2, 0) is 21.2 Å².